The average molecular weight is 453 g/mol. The maximum Gasteiger partial charge on any atom is 0.320 e. The molecule has 0 aliphatic carbocycles. The summed E-state index contributed by atoms with van der Waals surface area (Å²) in [6.07, 6.45) is 6.38. The third-order valence-corrected chi connectivity index (χ3v) is 5.17. The lowest BCUT2D eigenvalue weighted by molar-refractivity contribution is -0.120. The molecule has 0 bridgehead atoms. The van der Waals surface area contributed by atoms with Gasteiger partial charge in [0.1, 0.15) is 24.1 Å². The van der Waals surface area contributed by atoms with Crippen LogP contribution in [0.15, 0.2) is 67.3 Å². The zero-order valence-corrected chi connectivity index (χ0v) is 18.1. The molecule has 3 aromatic heterocycles. The molecule has 10 nitrogen and oxygen atoms in total. The number of likely N-dealkylation sites (N-methyl/N-ethyl adjacent to an activating group) is 1. The quantitative estimate of drug-likeness (QED) is 0.449. The molecule has 4 heterocycles. The van der Waals surface area contributed by atoms with E-state index in [0.717, 1.165) is 0 Å². The molecule has 10 heteroatoms. The smallest absolute Gasteiger partial charge is 0.320 e. The molecule has 1 aromatic carbocycles. The molecule has 0 fully saturated rings. The largest absolute Gasteiger partial charge is 0.489 e. The van der Waals surface area contributed by atoms with Gasteiger partial charge in [-0.25, -0.2) is 14.3 Å². The van der Waals surface area contributed by atoms with Gasteiger partial charge in [0.2, 0.25) is 0 Å². The Labute approximate surface area is 194 Å². The molecule has 1 aliphatic rings. The second kappa shape index (κ2) is 8.91. The number of nitrogens with one attached hydrogen (secondary N) is 2. The van der Waals surface area contributed by atoms with E-state index >= 15 is 0 Å². The number of hydrogen-bond donors (Lipinski definition) is 2. The summed E-state index contributed by atoms with van der Waals surface area (Å²) in [5.74, 6) is 6.31. The van der Waals surface area contributed by atoms with E-state index in [2.05, 4.69) is 37.5 Å². The molecule has 0 unspecified atom stereocenters. The van der Waals surface area contributed by atoms with Gasteiger partial charge in [0.25, 0.3) is 5.91 Å². The van der Waals surface area contributed by atoms with E-state index in [1.54, 1.807) is 54.4 Å². The molecule has 34 heavy (non-hydrogen) atoms. The van der Waals surface area contributed by atoms with E-state index in [1.165, 1.54) is 11.1 Å². The van der Waals surface area contributed by atoms with Gasteiger partial charge in [0.15, 0.2) is 5.65 Å². The van der Waals surface area contributed by atoms with Crippen molar-refractivity contribution < 1.29 is 14.3 Å². The van der Waals surface area contributed by atoms with E-state index in [-0.39, 0.29) is 12.5 Å². The van der Waals surface area contributed by atoms with Crippen molar-refractivity contribution in [2.24, 2.45) is 0 Å². The number of rotatable bonds is 2. The summed E-state index contributed by atoms with van der Waals surface area (Å²) in [5, 5.41) is 9.59. The number of imidazole rings is 1. The molecular weight excluding hydrogens is 434 g/mol. The Bertz CT molecular complexity index is 1450. The molecule has 0 spiro atoms. The number of carbonyl (C=O) groups is 2. The molecule has 1 atom stereocenters. The second-order valence-corrected chi connectivity index (χ2v) is 7.48. The standard InChI is InChI=1S/C24H19N7O3/c1-30-20-5-2-3-6-21(20)34-15-19(23(30)32)29-24(33)28-17-11-16(12-25-13-17)8-9-18-14-26-22-7-4-10-27-31(18)22/h2-7,10-14,19H,15H2,1H3,(H2,28,29,33)/t19-/m1/s1. The maximum absolute atomic E-state index is 12.8. The number of para-hydroxylation sites is 2. The van der Waals surface area contributed by atoms with Crippen LogP contribution < -0.4 is 20.3 Å². The highest BCUT2D eigenvalue weighted by molar-refractivity contribution is 6.01. The number of carbonyl (C=O) groups excluding carboxylic acids is 2. The minimum absolute atomic E-state index is 0.0186. The first-order valence-electron chi connectivity index (χ1n) is 10.4. The summed E-state index contributed by atoms with van der Waals surface area (Å²) in [6, 6.07) is 11.1. The number of ether oxygens (including phenoxy) is 1. The van der Waals surface area contributed by atoms with Crippen LogP contribution >= 0.6 is 0 Å². The topological polar surface area (TPSA) is 114 Å². The monoisotopic (exact) mass is 453 g/mol. The fourth-order valence-electron chi connectivity index (χ4n) is 3.51. The lowest BCUT2D eigenvalue weighted by Crippen LogP contribution is -2.50. The Morgan fingerprint density at radius 1 is 1.15 bits per heavy atom. The zero-order chi connectivity index (χ0) is 23.5. The van der Waals surface area contributed by atoms with Crippen molar-refractivity contribution in [3.8, 4) is 17.6 Å². The van der Waals surface area contributed by atoms with Crippen LogP contribution in [0.2, 0.25) is 0 Å². The number of fused-ring (bicyclic) bond motifs is 2. The van der Waals surface area contributed by atoms with Crippen LogP contribution in [0.4, 0.5) is 16.2 Å². The van der Waals surface area contributed by atoms with Gasteiger partial charge < -0.3 is 20.3 Å². The number of anilines is 2. The molecule has 1 aliphatic heterocycles. The third-order valence-electron chi connectivity index (χ3n) is 5.17. The van der Waals surface area contributed by atoms with E-state index in [4.69, 9.17) is 4.74 Å². The SMILES string of the molecule is CN1C(=O)[C@H](NC(=O)Nc2cncc(C#Cc3cnc4cccnn34)c2)COc2ccccc21. The summed E-state index contributed by atoms with van der Waals surface area (Å²) < 4.78 is 7.36. The summed E-state index contributed by atoms with van der Waals surface area (Å²) in [6.45, 7) is 0.0186. The van der Waals surface area contributed by atoms with E-state index in [1.807, 2.05) is 18.2 Å². The van der Waals surface area contributed by atoms with Crippen molar-refractivity contribution in [3.63, 3.8) is 0 Å². The Morgan fingerprint density at radius 2 is 2.03 bits per heavy atom. The minimum atomic E-state index is -0.851. The predicted molar refractivity (Wildman–Crippen MR) is 124 cm³/mol. The number of pyridine rings is 1. The lowest BCUT2D eigenvalue weighted by Gasteiger charge is -2.20. The Morgan fingerprint density at radius 3 is 2.94 bits per heavy atom. The Balaban J connectivity index is 1.26. The number of amides is 3. The van der Waals surface area contributed by atoms with Crippen molar-refractivity contribution in [3.05, 3.63) is 78.5 Å². The molecule has 168 valence electrons. The average Bonchev–Trinajstić information content (AvgIpc) is 3.23. The van der Waals surface area contributed by atoms with Crippen LogP contribution in [0.1, 0.15) is 11.3 Å². The highest BCUT2D eigenvalue weighted by atomic mass is 16.5. The molecular formula is C24H19N7O3. The highest BCUT2D eigenvalue weighted by Crippen LogP contribution is 2.29. The van der Waals surface area contributed by atoms with Crippen LogP contribution in [0.5, 0.6) is 5.75 Å². The van der Waals surface area contributed by atoms with Gasteiger partial charge in [-0.3, -0.25) is 9.78 Å². The second-order valence-electron chi connectivity index (χ2n) is 7.48. The lowest BCUT2D eigenvalue weighted by atomic mass is 10.2. The number of hydrogen-bond acceptors (Lipinski definition) is 6. The van der Waals surface area contributed by atoms with Crippen LogP contribution in [0.3, 0.4) is 0 Å². The number of aromatic nitrogens is 4. The predicted octanol–water partition coefficient (Wildman–Crippen LogP) is 2.07. The Kier molecular flexibility index (Phi) is 5.50. The molecule has 3 amide bonds. The van der Waals surface area contributed by atoms with Crippen LogP contribution in [0, 0.1) is 11.8 Å². The van der Waals surface area contributed by atoms with Gasteiger partial charge >= 0.3 is 6.03 Å². The molecule has 0 radical (unpaired) electrons. The summed E-state index contributed by atoms with van der Waals surface area (Å²) in [5.41, 5.74) is 2.99. The Hall–Kier alpha value is -4.91. The zero-order valence-electron chi connectivity index (χ0n) is 18.1. The van der Waals surface area contributed by atoms with E-state index in [0.29, 0.717) is 34.0 Å². The molecule has 2 N–H and O–H groups in total. The van der Waals surface area contributed by atoms with Crippen molar-refractivity contribution >= 4 is 29.0 Å². The van der Waals surface area contributed by atoms with Gasteiger partial charge in [-0.15, -0.1) is 0 Å². The summed E-state index contributed by atoms with van der Waals surface area (Å²) in [4.78, 5) is 35.2. The van der Waals surface area contributed by atoms with Gasteiger partial charge in [-0.1, -0.05) is 18.1 Å². The first-order valence-corrected chi connectivity index (χ1v) is 10.4. The number of urea groups is 1. The van der Waals surface area contributed by atoms with Crippen molar-refractivity contribution in [1.29, 1.82) is 0 Å². The van der Waals surface area contributed by atoms with Gasteiger partial charge in [-0.2, -0.15) is 5.10 Å². The third kappa shape index (κ3) is 4.22. The van der Waals surface area contributed by atoms with E-state index in [9.17, 15) is 9.59 Å². The van der Waals surface area contributed by atoms with Crippen molar-refractivity contribution in [2.75, 3.05) is 23.9 Å². The molecule has 5 rings (SSSR count). The van der Waals surface area contributed by atoms with E-state index < -0.39 is 12.1 Å². The summed E-state index contributed by atoms with van der Waals surface area (Å²) >= 11 is 0. The maximum atomic E-state index is 12.8. The van der Waals surface area contributed by atoms with Crippen LogP contribution in [0.25, 0.3) is 5.65 Å². The van der Waals surface area contributed by atoms with Gasteiger partial charge in [-0.05, 0) is 36.3 Å². The van der Waals surface area contributed by atoms with Gasteiger partial charge in [0.05, 0.1) is 23.8 Å². The molecule has 4 aromatic rings. The molecule has 0 saturated heterocycles. The first-order chi connectivity index (χ1) is 16.6. The number of benzene rings is 1. The van der Waals surface area contributed by atoms with Crippen molar-refractivity contribution in [2.45, 2.75) is 6.04 Å². The summed E-state index contributed by atoms with van der Waals surface area (Å²) in [7, 11) is 1.65. The van der Waals surface area contributed by atoms with Gasteiger partial charge in [0, 0.05) is 25.0 Å². The van der Waals surface area contributed by atoms with Crippen LogP contribution in [-0.4, -0.2) is 51.2 Å². The highest BCUT2D eigenvalue weighted by Gasteiger charge is 2.30. The normalized spacial score (nSPS) is 14.9. The fraction of sp³-hybridized carbons (Fsp3) is 0.125. The van der Waals surface area contributed by atoms with Crippen LogP contribution in [-0.2, 0) is 4.79 Å². The number of nitrogens with zero attached hydrogens (tertiary/aromatic N) is 5. The van der Waals surface area contributed by atoms with Crippen molar-refractivity contribution in [1.82, 2.24) is 24.9 Å². The minimum Gasteiger partial charge on any atom is -0.489 e. The molecule has 0 saturated carbocycles. The fourth-order valence-corrected chi connectivity index (χ4v) is 3.51. The first kappa shape index (κ1) is 21.0.